The Labute approximate surface area is 204 Å². The van der Waals surface area contributed by atoms with E-state index in [1.165, 1.54) is 6.33 Å². The zero-order valence-electron chi connectivity index (χ0n) is 19.6. The van der Waals surface area contributed by atoms with E-state index in [0.717, 1.165) is 52.8 Å². The topological polar surface area (TPSA) is 87.2 Å². The number of hydrogen-bond acceptors (Lipinski definition) is 5. The predicted molar refractivity (Wildman–Crippen MR) is 138 cm³/mol. The minimum atomic E-state index is -0.609. The molecule has 0 aliphatic carbocycles. The van der Waals surface area contributed by atoms with Gasteiger partial charge in [-0.3, -0.25) is 9.59 Å². The van der Waals surface area contributed by atoms with Gasteiger partial charge in [0.1, 0.15) is 12.4 Å². The second-order valence-electron chi connectivity index (χ2n) is 8.78. The lowest BCUT2D eigenvalue weighted by molar-refractivity contribution is -0.119. The molecule has 1 saturated heterocycles. The van der Waals surface area contributed by atoms with Crippen molar-refractivity contribution in [3.8, 4) is 0 Å². The molecule has 2 heterocycles. The van der Waals surface area contributed by atoms with Crippen molar-refractivity contribution in [3.05, 3.63) is 90.4 Å². The highest BCUT2D eigenvalue weighted by atomic mass is 16.2. The van der Waals surface area contributed by atoms with Gasteiger partial charge in [-0.25, -0.2) is 9.97 Å². The summed E-state index contributed by atoms with van der Waals surface area (Å²) in [5.41, 5.74) is 5.04. The van der Waals surface area contributed by atoms with Crippen LogP contribution < -0.4 is 15.5 Å². The molecule has 35 heavy (non-hydrogen) atoms. The number of carbonyl (C=O) groups excluding carboxylic acids is 2. The third-order valence-corrected chi connectivity index (χ3v) is 6.29. The first kappa shape index (κ1) is 22.5. The summed E-state index contributed by atoms with van der Waals surface area (Å²) < 4.78 is 0. The third-order valence-electron chi connectivity index (χ3n) is 6.29. The molecule has 1 aliphatic heterocycles. The van der Waals surface area contributed by atoms with Crippen LogP contribution in [0.2, 0.25) is 0 Å². The van der Waals surface area contributed by atoms with Crippen molar-refractivity contribution in [1.82, 2.24) is 9.97 Å². The Morgan fingerprint density at radius 1 is 1.00 bits per heavy atom. The summed E-state index contributed by atoms with van der Waals surface area (Å²) in [6.45, 7) is 2.71. The molecule has 2 amide bonds. The number of fused-ring (bicyclic) bond motifs is 1. The molecule has 1 fully saturated rings. The molecule has 0 saturated carbocycles. The number of rotatable bonds is 6. The Kier molecular flexibility index (Phi) is 6.39. The van der Waals surface area contributed by atoms with Gasteiger partial charge in [0.05, 0.1) is 5.52 Å². The van der Waals surface area contributed by atoms with E-state index in [1.807, 2.05) is 78.6 Å². The normalized spacial score (nSPS) is 14.5. The van der Waals surface area contributed by atoms with Gasteiger partial charge in [0.15, 0.2) is 0 Å². The Balaban J connectivity index is 1.38. The highest BCUT2D eigenvalue weighted by molar-refractivity contribution is 5.99. The first-order chi connectivity index (χ1) is 17.1. The van der Waals surface area contributed by atoms with Crippen molar-refractivity contribution in [1.29, 1.82) is 0 Å². The molecule has 1 aliphatic rings. The summed E-state index contributed by atoms with van der Waals surface area (Å²) in [7, 11) is 0. The molecule has 0 bridgehead atoms. The van der Waals surface area contributed by atoms with Gasteiger partial charge >= 0.3 is 0 Å². The Bertz CT molecular complexity index is 1370. The van der Waals surface area contributed by atoms with Crippen molar-refractivity contribution < 1.29 is 9.59 Å². The molecule has 7 nitrogen and oxygen atoms in total. The van der Waals surface area contributed by atoms with Crippen LogP contribution in [0.5, 0.6) is 0 Å². The molecule has 1 unspecified atom stereocenters. The summed E-state index contributed by atoms with van der Waals surface area (Å²) in [4.78, 5) is 36.0. The van der Waals surface area contributed by atoms with Crippen LogP contribution in [0.3, 0.4) is 0 Å². The van der Waals surface area contributed by atoms with E-state index in [0.29, 0.717) is 12.1 Å². The Morgan fingerprint density at radius 2 is 1.83 bits per heavy atom. The number of aromatic nitrogens is 2. The number of nitrogens with one attached hydrogen (secondary N) is 2. The molecule has 2 N–H and O–H groups in total. The minimum absolute atomic E-state index is 0.158. The molecule has 3 aromatic carbocycles. The van der Waals surface area contributed by atoms with Crippen LogP contribution in [0.1, 0.15) is 36.4 Å². The fourth-order valence-corrected chi connectivity index (χ4v) is 4.50. The van der Waals surface area contributed by atoms with Gasteiger partial charge in [-0.15, -0.1) is 0 Å². The first-order valence-electron chi connectivity index (χ1n) is 11.8. The quantitative estimate of drug-likeness (QED) is 0.406. The van der Waals surface area contributed by atoms with Gasteiger partial charge in [-0.1, -0.05) is 30.3 Å². The number of hydrogen-bond donors (Lipinski definition) is 2. The van der Waals surface area contributed by atoms with Crippen molar-refractivity contribution in [3.63, 3.8) is 0 Å². The van der Waals surface area contributed by atoms with Gasteiger partial charge < -0.3 is 15.5 Å². The van der Waals surface area contributed by atoms with Crippen molar-refractivity contribution >= 4 is 39.8 Å². The SMILES string of the molecule is Cc1cc(NC(=O)C(Nc2ccc3ncncc3c2)c2ccccc2)ccc1N1CCCCC1=O. The number of piperidine rings is 1. The first-order valence-corrected chi connectivity index (χ1v) is 11.8. The Hall–Kier alpha value is -4.26. The Morgan fingerprint density at radius 3 is 2.63 bits per heavy atom. The second-order valence-corrected chi connectivity index (χ2v) is 8.78. The largest absolute Gasteiger partial charge is 0.370 e. The minimum Gasteiger partial charge on any atom is -0.370 e. The maximum atomic E-state index is 13.5. The van der Waals surface area contributed by atoms with Crippen molar-refractivity contribution in [2.75, 3.05) is 22.1 Å². The van der Waals surface area contributed by atoms with Crippen LogP contribution in [-0.2, 0) is 9.59 Å². The molecule has 0 radical (unpaired) electrons. The number of carbonyl (C=O) groups is 2. The van der Waals surface area contributed by atoms with Gasteiger partial charge in [-0.05, 0) is 67.3 Å². The zero-order chi connectivity index (χ0) is 24.2. The monoisotopic (exact) mass is 465 g/mol. The van der Waals surface area contributed by atoms with Gasteiger partial charge in [0.2, 0.25) is 5.91 Å². The number of benzene rings is 3. The van der Waals surface area contributed by atoms with Crippen LogP contribution in [0.25, 0.3) is 10.9 Å². The van der Waals surface area contributed by atoms with Crippen LogP contribution in [0.15, 0.2) is 79.3 Å². The third kappa shape index (κ3) is 4.99. The summed E-state index contributed by atoms with van der Waals surface area (Å²) in [6, 6.07) is 20.5. The number of anilines is 3. The lowest BCUT2D eigenvalue weighted by Crippen LogP contribution is -2.35. The van der Waals surface area contributed by atoms with E-state index in [-0.39, 0.29) is 11.8 Å². The van der Waals surface area contributed by atoms with Gasteiger partial charge in [-0.2, -0.15) is 0 Å². The second kappa shape index (κ2) is 9.93. The summed E-state index contributed by atoms with van der Waals surface area (Å²) in [5, 5.41) is 7.31. The van der Waals surface area contributed by atoms with E-state index < -0.39 is 6.04 Å². The average Bonchev–Trinajstić information content (AvgIpc) is 2.88. The van der Waals surface area contributed by atoms with Gasteiger partial charge in [0.25, 0.3) is 5.91 Å². The highest BCUT2D eigenvalue weighted by Gasteiger charge is 2.23. The van der Waals surface area contributed by atoms with E-state index in [9.17, 15) is 9.59 Å². The highest BCUT2D eigenvalue weighted by Crippen LogP contribution is 2.28. The molecular formula is C28H27N5O2. The van der Waals surface area contributed by atoms with Crippen LogP contribution in [-0.4, -0.2) is 28.3 Å². The molecule has 5 rings (SSSR count). The molecule has 1 aromatic heterocycles. The van der Waals surface area contributed by atoms with E-state index in [4.69, 9.17) is 0 Å². The molecule has 4 aromatic rings. The van der Waals surface area contributed by atoms with Crippen LogP contribution >= 0.6 is 0 Å². The average molecular weight is 466 g/mol. The standard InChI is InChI=1S/C28H27N5O2/c1-19-15-22(11-13-25(19)33-14-6-5-9-26(33)34)32-28(35)27(20-7-3-2-4-8-20)31-23-10-12-24-21(16-23)17-29-18-30-24/h2-4,7-8,10-13,15-18,27,31H,5-6,9,14H2,1H3,(H,32,35). The van der Waals surface area contributed by atoms with E-state index in [2.05, 4.69) is 20.6 Å². The fraction of sp³-hybridized carbons (Fsp3) is 0.214. The van der Waals surface area contributed by atoms with Crippen molar-refractivity contribution in [2.24, 2.45) is 0 Å². The maximum Gasteiger partial charge on any atom is 0.251 e. The number of aryl methyl sites for hydroxylation is 1. The zero-order valence-corrected chi connectivity index (χ0v) is 19.6. The molecule has 0 spiro atoms. The fourth-order valence-electron chi connectivity index (χ4n) is 4.50. The maximum absolute atomic E-state index is 13.5. The van der Waals surface area contributed by atoms with E-state index >= 15 is 0 Å². The number of nitrogens with zero attached hydrogens (tertiary/aromatic N) is 3. The molecule has 7 heteroatoms. The summed E-state index contributed by atoms with van der Waals surface area (Å²) in [6.07, 6.45) is 5.81. The van der Waals surface area contributed by atoms with Gasteiger partial charge in [0, 0.05) is 41.6 Å². The summed E-state index contributed by atoms with van der Waals surface area (Å²) in [5.74, 6) is -0.0212. The molecule has 176 valence electrons. The van der Waals surface area contributed by atoms with Crippen LogP contribution in [0, 0.1) is 6.92 Å². The lowest BCUT2D eigenvalue weighted by Gasteiger charge is -2.28. The number of amides is 2. The van der Waals surface area contributed by atoms with Crippen LogP contribution in [0.4, 0.5) is 17.1 Å². The van der Waals surface area contributed by atoms with Crippen molar-refractivity contribution in [2.45, 2.75) is 32.2 Å². The molecular weight excluding hydrogens is 438 g/mol. The lowest BCUT2D eigenvalue weighted by atomic mass is 10.0. The molecule has 1 atom stereocenters. The predicted octanol–water partition coefficient (Wildman–Crippen LogP) is 5.25. The summed E-state index contributed by atoms with van der Waals surface area (Å²) >= 11 is 0. The smallest absolute Gasteiger partial charge is 0.251 e. The van der Waals surface area contributed by atoms with E-state index in [1.54, 1.807) is 6.20 Å².